The summed E-state index contributed by atoms with van der Waals surface area (Å²) >= 11 is 3.36. The van der Waals surface area contributed by atoms with Gasteiger partial charge in [-0.05, 0) is 43.7 Å². The summed E-state index contributed by atoms with van der Waals surface area (Å²) in [5.41, 5.74) is 1.92. The van der Waals surface area contributed by atoms with Crippen LogP contribution in [0.15, 0.2) is 51.9 Å². The van der Waals surface area contributed by atoms with Crippen molar-refractivity contribution in [2.45, 2.75) is 27.0 Å². The first-order chi connectivity index (χ1) is 12.0. The van der Waals surface area contributed by atoms with Crippen LogP contribution in [-0.2, 0) is 17.9 Å². The fourth-order valence-electron chi connectivity index (χ4n) is 2.55. The number of benzene rings is 1. The number of hydrogen-bond donors (Lipinski definition) is 0. The van der Waals surface area contributed by atoms with Crippen molar-refractivity contribution in [2.75, 3.05) is 0 Å². The van der Waals surface area contributed by atoms with Gasteiger partial charge in [-0.25, -0.2) is 9.78 Å². The lowest BCUT2D eigenvalue weighted by atomic mass is 10.2. The number of halogens is 1. The molecule has 0 fully saturated rings. The predicted octanol–water partition coefficient (Wildman–Crippen LogP) is 3.84. The van der Waals surface area contributed by atoms with Crippen molar-refractivity contribution in [1.82, 2.24) is 9.55 Å². The smallest absolute Gasteiger partial charge is 0.344 e. The minimum atomic E-state index is -0.627. The third kappa shape index (κ3) is 3.64. The van der Waals surface area contributed by atoms with E-state index in [0.29, 0.717) is 17.6 Å². The van der Waals surface area contributed by atoms with Crippen LogP contribution in [-0.4, -0.2) is 15.5 Å². The van der Waals surface area contributed by atoms with E-state index in [9.17, 15) is 9.59 Å². The zero-order chi connectivity index (χ0) is 18.0. The highest BCUT2D eigenvalue weighted by Gasteiger charge is 2.17. The first-order valence-electron chi connectivity index (χ1n) is 7.92. The highest BCUT2D eigenvalue weighted by Crippen LogP contribution is 2.14. The zero-order valence-corrected chi connectivity index (χ0v) is 15.5. The minimum Gasteiger partial charge on any atom is -0.457 e. The van der Waals surface area contributed by atoms with Crippen LogP contribution < -0.4 is 5.43 Å². The van der Waals surface area contributed by atoms with Crippen LogP contribution in [0.1, 0.15) is 28.5 Å². The molecule has 0 saturated carbocycles. The molecule has 0 aliphatic rings. The SMILES string of the molecule is CCn1cc(C(=O)OCc2ccc(Br)cc2)c(=O)c2ccc(C)nc21. The quantitative estimate of drug-likeness (QED) is 0.624. The molecule has 0 amide bonds. The highest BCUT2D eigenvalue weighted by atomic mass is 79.9. The number of fused-ring (bicyclic) bond motifs is 1. The predicted molar refractivity (Wildman–Crippen MR) is 99.7 cm³/mol. The van der Waals surface area contributed by atoms with Crippen molar-refractivity contribution in [1.29, 1.82) is 0 Å². The van der Waals surface area contributed by atoms with Gasteiger partial charge in [0.05, 0.1) is 5.39 Å². The van der Waals surface area contributed by atoms with Gasteiger partial charge in [0, 0.05) is 22.9 Å². The molecule has 0 atom stereocenters. The van der Waals surface area contributed by atoms with Gasteiger partial charge in [0.25, 0.3) is 0 Å². The number of ether oxygens (including phenoxy) is 1. The van der Waals surface area contributed by atoms with Crippen LogP contribution in [0.2, 0.25) is 0 Å². The number of hydrogen-bond acceptors (Lipinski definition) is 4. The number of carbonyl (C=O) groups excluding carboxylic acids is 1. The van der Waals surface area contributed by atoms with Crippen molar-refractivity contribution >= 4 is 32.9 Å². The molecule has 25 heavy (non-hydrogen) atoms. The molecule has 2 heterocycles. The summed E-state index contributed by atoms with van der Waals surface area (Å²) in [5, 5.41) is 0.422. The van der Waals surface area contributed by atoms with Gasteiger partial charge in [-0.15, -0.1) is 0 Å². The second-order valence-corrected chi connectivity index (χ2v) is 6.60. The van der Waals surface area contributed by atoms with E-state index in [1.807, 2.05) is 38.1 Å². The molecule has 2 aromatic heterocycles. The van der Waals surface area contributed by atoms with E-state index >= 15 is 0 Å². The topological polar surface area (TPSA) is 61.2 Å². The van der Waals surface area contributed by atoms with E-state index in [0.717, 1.165) is 15.7 Å². The number of carbonyl (C=O) groups is 1. The fourth-order valence-corrected chi connectivity index (χ4v) is 2.82. The van der Waals surface area contributed by atoms with E-state index in [2.05, 4.69) is 20.9 Å². The van der Waals surface area contributed by atoms with Gasteiger partial charge in [0.15, 0.2) is 0 Å². The Bertz CT molecular complexity index is 994. The first-order valence-corrected chi connectivity index (χ1v) is 8.71. The van der Waals surface area contributed by atoms with Crippen molar-refractivity contribution in [2.24, 2.45) is 0 Å². The summed E-state index contributed by atoms with van der Waals surface area (Å²) in [7, 11) is 0. The number of esters is 1. The van der Waals surface area contributed by atoms with Crippen molar-refractivity contribution in [3.05, 3.63) is 74.1 Å². The van der Waals surface area contributed by atoms with Crippen LogP contribution in [0.4, 0.5) is 0 Å². The molecule has 0 radical (unpaired) electrons. The van der Waals surface area contributed by atoms with Gasteiger partial charge < -0.3 is 9.30 Å². The Labute approximate surface area is 153 Å². The van der Waals surface area contributed by atoms with Gasteiger partial charge in [0.2, 0.25) is 5.43 Å². The van der Waals surface area contributed by atoms with Crippen molar-refractivity contribution < 1.29 is 9.53 Å². The van der Waals surface area contributed by atoms with Crippen molar-refractivity contribution in [3.63, 3.8) is 0 Å². The Kier molecular flexibility index (Phi) is 4.99. The minimum absolute atomic E-state index is 0.0251. The molecular weight excluding hydrogens is 384 g/mol. The molecular formula is C19H17BrN2O3. The number of aromatic nitrogens is 2. The van der Waals surface area contributed by atoms with Crippen LogP contribution in [0.3, 0.4) is 0 Å². The summed E-state index contributed by atoms with van der Waals surface area (Å²) < 4.78 is 8.06. The maximum absolute atomic E-state index is 12.6. The molecule has 0 aliphatic carbocycles. The average Bonchev–Trinajstić information content (AvgIpc) is 2.61. The maximum atomic E-state index is 12.6. The van der Waals surface area contributed by atoms with Crippen LogP contribution in [0.25, 0.3) is 11.0 Å². The van der Waals surface area contributed by atoms with Crippen LogP contribution >= 0.6 is 15.9 Å². The monoisotopic (exact) mass is 400 g/mol. The molecule has 5 nitrogen and oxygen atoms in total. The van der Waals surface area contributed by atoms with E-state index in [1.54, 1.807) is 16.7 Å². The second-order valence-electron chi connectivity index (χ2n) is 5.68. The van der Waals surface area contributed by atoms with Crippen LogP contribution in [0.5, 0.6) is 0 Å². The van der Waals surface area contributed by atoms with E-state index < -0.39 is 5.97 Å². The summed E-state index contributed by atoms with van der Waals surface area (Å²) in [6, 6.07) is 10.9. The van der Waals surface area contributed by atoms with Gasteiger partial charge in [-0.2, -0.15) is 0 Å². The number of aryl methyl sites for hydroxylation is 2. The van der Waals surface area contributed by atoms with Gasteiger partial charge in [-0.1, -0.05) is 28.1 Å². The molecule has 1 aromatic carbocycles. The maximum Gasteiger partial charge on any atom is 0.344 e. The molecule has 0 saturated heterocycles. The summed E-state index contributed by atoms with van der Waals surface area (Å²) in [6.45, 7) is 4.51. The third-order valence-corrected chi connectivity index (χ3v) is 4.43. The first kappa shape index (κ1) is 17.4. The molecule has 6 heteroatoms. The lowest BCUT2D eigenvalue weighted by molar-refractivity contribution is 0.0470. The Morgan fingerprint density at radius 2 is 1.92 bits per heavy atom. The average molecular weight is 401 g/mol. The molecule has 0 bridgehead atoms. The number of rotatable bonds is 4. The lowest BCUT2D eigenvalue weighted by Crippen LogP contribution is -2.21. The highest BCUT2D eigenvalue weighted by molar-refractivity contribution is 9.10. The molecule has 0 unspecified atom stereocenters. The fraction of sp³-hybridized carbons (Fsp3) is 0.211. The molecule has 128 valence electrons. The normalized spacial score (nSPS) is 10.8. The third-order valence-electron chi connectivity index (χ3n) is 3.90. The van der Waals surface area contributed by atoms with E-state index in [4.69, 9.17) is 4.74 Å². The number of nitrogens with zero attached hydrogens (tertiary/aromatic N) is 2. The molecule has 3 rings (SSSR count). The summed E-state index contributed by atoms with van der Waals surface area (Å²) in [6.07, 6.45) is 1.53. The zero-order valence-electron chi connectivity index (χ0n) is 14.0. The summed E-state index contributed by atoms with van der Waals surface area (Å²) in [5.74, 6) is -0.627. The molecule has 0 N–H and O–H groups in total. The Morgan fingerprint density at radius 3 is 2.60 bits per heavy atom. The van der Waals surface area contributed by atoms with Gasteiger partial charge >= 0.3 is 5.97 Å². The van der Waals surface area contributed by atoms with Gasteiger partial charge in [0.1, 0.15) is 17.8 Å². The molecule has 3 aromatic rings. The standard InChI is InChI=1S/C19H17BrN2O3/c1-3-22-10-16(17(23)15-9-4-12(2)21-18(15)22)19(24)25-11-13-5-7-14(20)8-6-13/h4-10H,3,11H2,1-2H3. The Morgan fingerprint density at radius 1 is 1.20 bits per heavy atom. The largest absolute Gasteiger partial charge is 0.457 e. The van der Waals surface area contributed by atoms with Crippen molar-refractivity contribution in [3.8, 4) is 0 Å². The Hall–Kier alpha value is -2.47. The lowest BCUT2D eigenvalue weighted by Gasteiger charge is -2.11. The summed E-state index contributed by atoms with van der Waals surface area (Å²) in [4.78, 5) is 29.5. The molecule has 0 aliphatic heterocycles. The van der Waals surface area contributed by atoms with Crippen LogP contribution in [0, 0.1) is 6.92 Å². The van der Waals surface area contributed by atoms with Gasteiger partial charge in [-0.3, -0.25) is 4.79 Å². The van der Waals surface area contributed by atoms with E-state index in [1.165, 1.54) is 6.20 Å². The Balaban J connectivity index is 1.93. The molecule has 0 spiro atoms. The second kappa shape index (κ2) is 7.19. The van der Waals surface area contributed by atoms with E-state index in [-0.39, 0.29) is 17.6 Å². The number of pyridine rings is 2.